The van der Waals surface area contributed by atoms with Gasteiger partial charge in [0.1, 0.15) is 0 Å². The van der Waals surface area contributed by atoms with Gasteiger partial charge < -0.3 is 4.90 Å². The van der Waals surface area contributed by atoms with Crippen LogP contribution in [-0.2, 0) is 10.0 Å². The molecule has 94 valence electrons. The van der Waals surface area contributed by atoms with E-state index >= 15 is 0 Å². The lowest BCUT2D eigenvalue weighted by molar-refractivity contribution is 0.0828. The largest absolute Gasteiger partial charge is 0.345 e. The van der Waals surface area contributed by atoms with Crippen molar-refractivity contribution in [2.75, 3.05) is 25.1 Å². The van der Waals surface area contributed by atoms with Crippen molar-refractivity contribution in [3.05, 3.63) is 28.8 Å². The molecule has 17 heavy (non-hydrogen) atoms. The van der Waals surface area contributed by atoms with Crippen LogP contribution in [0, 0.1) is 0 Å². The molecule has 1 N–H and O–H groups in total. The number of carbonyl (C=O) groups excluding carboxylic acids is 1. The van der Waals surface area contributed by atoms with Crippen molar-refractivity contribution in [3.63, 3.8) is 0 Å². The van der Waals surface area contributed by atoms with Crippen LogP contribution in [0.25, 0.3) is 0 Å². The number of anilines is 1. The van der Waals surface area contributed by atoms with Crippen LogP contribution >= 0.6 is 11.6 Å². The summed E-state index contributed by atoms with van der Waals surface area (Å²) in [5.41, 5.74) is 0.434. The predicted molar refractivity (Wildman–Crippen MR) is 67.9 cm³/mol. The van der Waals surface area contributed by atoms with Gasteiger partial charge in [0.25, 0.3) is 5.91 Å². The molecule has 0 aliphatic carbocycles. The molecule has 1 aromatic carbocycles. The fraction of sp³-hybridized carbons (Fsp3) is 0.300. The first kappa shape index (κ1) is 13.8. The molecule has 0 atom stereocenters. The zero-order chi connectivity index (χ0) is 13.2. The Morgan fingerprint density at radius 3 is 2.41 bits per heavy atom. The van der Waals surface area contributed by atoms with E-state index in [9.17, 15) is 13.2 Å². The normalized spacial score (nSPS) is 11.1. The van der Waals surface area contributed by atoms with Crippen LogP contribution in [0.2, 0.25) is 5.02 Å². The number of sulfonamides is 1. The average molecular weight is 277 g/mol. The van der Waals surface area contributed by atoms with Gasteiger partial charge in [-0.1, -0.05) is 11.6 Å². The summed E-state index contributed by atoms with van der Waals surface area (Å²) in [4.78, 5) is 13.2. The summed E-state index contributed by atoms with van der Waals surface area (Å²) in [7, 11) is -0.282. The van der Waals surface area contributed by atoms with E-state index in [1.165, 1.54) is 23.1 Å². The SMILES string of the molecule is CN(C)C(=O)c1cc(Cl)ccc1NS(C)(=O)=O. The summed E-state index contributed by atoms with van der Waals surface area (Å²) in [6, 6.07) is 4.40. The van der Waals surface area contributed by atoms with E-state index in [-0.39, 0.29) is 17.2 Å². The minimum atomic E-state index is -3.44. The van der Waals surface area contributed by atoms with Gasteiger partial charge in [0.15, 0.2) is 0 Å². The van der Waals surface area contributed by atoms with E-state index in [2.05, 4.69) is 4.72 Å². The molecule has 7 heteroatoms. The zero-order valence-electron chi connectivity index (χ0n) is 9.69. The van der Waals surface area contributed by atoms with Crippen molar-refractivity contribution in [3.8, 4) is 0 Å². The summed E-state index contributed by atoms with van der Waals surface area (Å²) in [6.45, 7) is 0. The van der Waals surface area contributed by atoms with Crippen LogP contribution in [0.1, 0.15) is 10.4 Å². The van der Waals surface area contributed by atoms with Crippen LogP contribution < -0.4 is 4.72 Å². The van der Waals surface area contributed by atoms with Gasteiger partial charge in [0.2, 0.25) is 10.0 Å². The fourth-order valence-corrected chi connectivity index (χ4v) is 1.97. The summed E-state index contributed by atoms with van der Waals surface area (Å²) in [5.74, 6) is -0.321. The van der Waals surface area contributed by atoms with Crippen molar-refractivity contribution in [2.24, 2.45) is 0 Å². The molecular weight excluding hydrogens is 264 g/mol. The molecule has 0 heterocycles. The third kappa shape index (κ3) is 3.90. The maximum absolute atomic E-state index is 11.8. The quantitative estimate of drug-likeness (QED) is 0.908. The second-order valence-corrected chi connectivity index (χ2v) is 5.95. The highest BCUT2D eigenvalue weighted by atomic mass is 35.5. The Morgan fingerprint density at radius 2 is 1.94 bits per heavy atom. The fourth-order valence-electron chi connectivity index (χ4n) is 1.22. The first-order chi connectivity index (χ1) is 7.70. The molecular formula is C10H13ClN2O3S. The second-order valence-electron chi connectivity index (χ2n) is 3.76. The van der Waals surface area contributed by atoms with Gasteiger partial charge >= 0.3 is 0 Å². The lowest BCUT2D eigenvalue weighted by Gasteiger charge is -2.14. The zero-order valence-corrected chi connectivity index (χ0v) is 11.3. The van der Waals surface area contributed by atoms with Crippen LogP contribution in [0.5, 0.6) is 0 Å². The third-order valence-electron chi connectivity index (χ3n) is 1.91. The van der Waals surface area contributed by atoms with Crippen LogP contribution in [0.3, 0.4) is 0 Å². The van der Waals surface area contributed by atoms with Crippen molar-refractivity contribution in [1.82, 2.24) is 4.90 Å². The second kappa shape index (κ2) is 4.93. The van der Waals surface area contributed by atoms with Crippen molar-refractivity contribution in [1.29, 1.82) is 0 Å². The Labute approximate surface area is 105 Å². The number of halogens is 1. The Bertz CT molecular complexity index is 540. The lowest BCUT2D eigenvalue weighted by Crippen LogP contribution is -2.23. The molecule has 0 saturated heterocycles. The van der Waals surface area contributed by atoms with E-state index in [4.69, 9.17) is 11.6 Å². The molecule has 0 aliphatic rings. The first-order valence-corrected chi connectivity index (χ1v) is 6.96. The molecule has 5 nitrogen and oxygen atoms in total. The Morgan fingerprint density at radius 1 is 1.35 bits per heavy atom. The van der Waals surface area contributed by atoms with Crippen LogP contribution in [-0.4, -0.2) is 39.6 Å². The molecule has 0 fully saturated rings. The topological polar surface area (TPSA) is 66.5 Å². The van der Waals surface area contributed by atoms with E-state index in [0.29, 0.717) is 5.02 Å². The number of amides is 1. The number of benzene rings is 1. The van der Waals surface area contributed by atoms with Crippen LogP contribution in [0.15, 0.2) is 18.2 Å². The maximum Gasteiger partial charge on any atom is 0.255 e. The third-order valence-corrected chi connectivity index (χ3v) is 2.74. The summed E-state index contributed by atoms with van der Waals surface area (Å²) in [5, 5.41) is 0.370. The number of carbonyl (C=O) groups is 1. The number of rotatable bonds is 3. The van der Waals surface area contributed by atoms with Gasteiger partial charge in [-0.15, -0.1) is 0 Å². The lowest BCUT2D eigenvalue weighted by atomic mass is 10.1. The molecule has 1 rings (SSSR count). The van der Waals surface area contributed by atoms with Gasteiger partial charge in [0.05, 0.1) is 17.5 Å². The summed E-state index contributed by atoms with van der Waals surface area (Å²) in [6.07, 6.45) is 1.02. The highest BCUT2D eigenvalue weighted by molar-refractivity contribution is 7.92. The van der Waals surface area contributed by atoms with Gasteiger partial charge in [-0.05, 0) is 18.2 Å². The molecule has 0 spiro atoms. The smallest absolute Gasteiger partial charge is 0.255 e. The van der Waals surface area contributed by atoms with E-state index in [0.717, 1.165) is 6.26 Å². The number of nitrogens with zero attached hydrogens (tertiary/aromatic N) is 1. The number of nitrogens with one attached hydrogen (secondary N) is 1. The molecule has 0 aliphatic heterocycles. The molecule has 1 amide bonds. The Balaban J connectivity index is 3.26. The molecule has 0 unspecified atom stereocenters. The maximum atomic E-state index is 11.8. The van der Waals surface area contributed by atoms with Gasteiger partial charge in [-0.3, -0.25) is 9.52 Å². The standard InChI is InChI=1S/C10H13ClN2O3S/c1-13(2)10(14)8-6-7(11)4-5-9(8)12-17(3,15)16/h4-6,12H,1-3H3. The molecule has 0 aromatic heterocycles. The van der Waals surface area contributed by atoms with Gasteiger partial charge in [-0.2, -0.15) is 0 Å². The van der Waals surface area contributed by atoms with E-state index in [1.807, 2.05) is 0 Å². The minimum Gasteiger partial charge on any atom is -0.345 e. The highest BCUT2D eigenvalue weighted by Gasteiger charge is 2.16. The van der Waals surface area contributed by atoms with E-state index < -0.39 is 10.0 Å². The minimum absolute atomic E-state index is 0.216. The summed E-state index contributed by atoms with van der Waals surface area (Å²) >= 11 is 5.79. The first-order valence-electron chi connectivity index (χ1n) is 4.69. The van der Waals surface area contributed by atoms with Crippen molar-refractivity contribution >= 4 is 33.2 Å². The summed E-state index contributed by atoms with van der Waals surface area (Å²) < 4.78 is 24.6. The molecule has 1 aromatic rings. The Hall–Kier alpha value is -1.27. The van der Waals surface area contributed by atoms with E-state index in [1.54, 1.807) is 14.1 Å². The number of hydrogen-bond donors (Lipinski definition) is 1. The highest BCUT2D eigenvalue weighted by Crippen LogP contribution is 2.22. The van der Waals surface area contributed by atoms with Crippen molar-refractivity contribution in [2.45, 2.75) is 0 Å². The van der Waals surface area contributed by atoms with Gasteiger partial charge in [-0.25, -0.2) is 8.42 Å². The monoisotopic (exact) mass is 276 g/mol. The predicted octanol–water partition coefficient (Wildman–Crippen LogP) is 1.41. The Kier molecular flexibility index (Phi) is 4.00. The van der Waals surface area contributed by atoms with Crippen LogP contribution in [0.4, 0.5) is 5.69 Å². The van der Waals surface area contributed by atoms with Gasteiger partial charge in [0, 0.05) is 19.1 Å². The average Bonchev–Trinajstić information content (AvgIpc) is 2.17. The van der Waals surface area contributed by atoms with Crippen molar-refractivity contribution < 1.29 is 13.2 Å². The molecule has 0 radical (unpaired) electrons. The number of hydrogen-bond acceptors (Lipinski definition) is 3. The molecule has 0 saturated carbocycles. The molecule has 0 bridgehead atoms.